The van der Waals surface area contributed by atoms with Crippen LogP contribution < -0.4 is 5.73 Å². The Balaban J connectivity index is 0.00000225. The van der Waals surface area contributed by atoms with E-state index in [-0.39, 0.29) is 23.6 Å². The number of hydrogen-bond donors (Lipinski definition) is 1. The van der Waals surface area contributed by atoms with E-state index in [4.69, 9.17) is 40.5 Å². The van der Waals surface area contributed by atoms with Crippen molar-refractivity contribution in [1.82, 2.24) is 4.98 Å². The molecule has 0 unspecified atom stereocenters. The lowest BCUT2D eigenvalue weighted by atomic mass is 10.0. The van der Waals surface area contributed by atoms with Gasteiger partial charge in [0.05, 0.1) is 10.0 Å². The normalized spacial score (nSPS) is 11.8. The van der Waals surface area contributed by atoms with E-state index in [2.05, 4.69) is 11.6 Å². The molecule has 1 atom stereocenters. The minimum absolute atomic E-state index is 0. The monoisotopic (exact) mass is 300 g/mol. The van der Waals surface area contributed by atoms with Crippen molar-refractivity contribution in [2.75, 3.05) is 0 Å². The Morgan fingerprint density at radius 2 is 2.06 bits per heavy atom. The molecular weight excluding hydrogens is 290 g/mol. The van der Waals surface area contributed by atoms with Gasteiger partial charge in [-0.1, -0.05) is 40.9 Å². The Hall–Kier alpha value is 0.01000. The van der Waals surface area contributed by atoms with Crippen molar-refractivity contribution in [2.24, 2.45) is 5.73 Å². The van der Waals surface area contributed by atoms with E-state index in [0.29, 0.717) is 15.6 Å². The quantitative estimate of drug-likeness (QED) is 0.660. The molecular formula is C10H12Cl4N2. The van der Waals surface area contributed by atoms with E-state index >= 15 is 0 Å². The van der Waals surface area contributed by atoms with Crippen LogP contribution in [0.1, 0.15) is 24.4 Å². The fourth-order valence-corrected chi connectivity index (χ4v) is 2.01. The van der Waals surface area contributed by atoms with Crippen LogP contribution >= 0.6 is 47.2 Å². The second-order valence-electron chi connectivity index (χ2n) is 3.10. The summed E-state index contributed by atoms with van der Waals surface area (Å²) in [5.74, 6) is 0. The number of pyridine rings is 1. The molecule has 0 saturated carbocycles. The highest BCUT2D eigenvalue weighted by molar-refractivity contribution is 6.43. The van der Waals surface area contributed by atoms with Crippen molar-refractivity contribution >= 4 is 47.2 Å². The third-order valence-electron chi connectivity index (χ3n) is 2.02. The van der Waals surface area contributed by atoms with E-state index < -0.39 is 0 Å². The summed E-state index contributed by atoms with van der Waals surface area (Å²) in [6.45, 7) is 3.63. The first-order valence-electron chi connectivity index (χ1n) is 4.43. The third-order valence-corrected chi connectivity index (χ3v) is 3.09. The van der Waals surface area contributed by atoms with Gasteiger partial charge < -0.3 is 5.73 Å². The highest BCUT2D eigenvalue weighted by atomic mass is 35.5. The number of halogens is 4. The molecule has 90 valence electrons. The predicted octanol–water partition coefficient (Wildman–Crippen LogP) is 4.43. The smallest absolute Gasteiger partial charge is 0.148 e. The number of rotatable bonds is 4. The lowest BCUT2D eigenvalue weighted by Crippen LogP contribution is -2.11. The molecule has 0 amide bonds. The topological polar surface area (TPSA) is 38.9 Å². The van der Waals surface area contributed by atoms with Crippen LogP contribution in [0.2, 0.25) is 15.2 Å². The summed E-state index contributed by atoms with van der Waals surface area (Å²) in [6, 6.07) is -0.247. The molecule has 1 aromatic heterocycles. The van der Waals surface area contributed by atoms with Crippen LogP contribution in [0.3, 0.4) is 0 Å². The van der Waals surface area contributed by atoms with Crippen LogP contribution in [-0.2, 0) is 0 Å². The van der Waals surface area contributed by atoms with Gasteiger partial charge in [-0.2, -0.15) is 0 Å². The molecule has 16 heavy (non-hydrogen) atoms. The molecule has 0 fully saturated rings. The molecule has 2 nitrogen and oxygen atoms in total. The largest absolute Gasteiger partial charge is 0.324 e. The zero-order valence-corrected chi connectivity index (χ0v) is 11.5. The van der Waals surface area contributed by atoms with Crippen LogP contribution in [0, 0.1) is 0 Å². The van der Waals surface area contributed by atoms with Gasteiger partial charge in [0.1, 0.15) is 5.15 Å². The van der Waals surface area contributed by atoms with Gasteiger partial charge in [0, 0.05) is 17.8 Å². The lowest BCUT2D eigenvalue weighted by Gasteiger charge is -2.14. The average molecular weight is 302 g/mol. The molecule has 0 saturated heterocycles. The molecule has 2 N–H and O–H groups in total. The van der Waals surface area contributed by atoms with Gasteiger partial charge in [0.2, 0.25) is 0 Å². The fourth-order valence-electron chi connectivity index (χ4n) is 1.24. The highest BCUT2D eigenvalue weighted by Gasteiger charge is 2.16. The van der Waals surface area contributed by atoms with Crippen LogP contribution in [0.15, 0.2) is 18.9 Å². The van der Waals surface area contributed by atoms with Crippen molar-refractivity contribution in [3.63, 3.8) is 0 Å². The molecule has 0 aliphatic carbocycles. The van der Waals surface area contributed by atoms with Gasteiger partial charge in [-0.25, -0.2) is 4.98 Å². The van der Waals surface area contributed by atoms with E-state index in [9.17, 15) is 0 Å². The summed E-state index contributed by atoms with van der Waals surface area (Å²) in [7, 11) is 0. The number of nitrogens with zero attached hydrogens (tertiary/aromatic N) is 1. The molecule has 0 radical (unpaired) electrons. The molecule has 0 aromatic carbocycles. The van der Waals surface area contributed by atoms with Gasteiger partial charge in [-0.15, -0.1) is 19.0 Å². The number of allylic oxidation sites excluding steroid dienone is 1. The Morgan fingerprint density at radius 1 is 1.44 bits per heavy atom. The number of aromatic nitrogens is 1. The molecule has 0 spiro atoms. The van der Waals surface area contributed by atoms with E-state index in [1.54, 1.807) is 6.08 Å². The van der Waals surface area contributed by atoms with Crippen LogP contribution in [-0.4, -0.2) is 4.98 Å². The standard InChI is InChI=1S/C10H11Cl3N2.ClH/c1-2-3-4-7(14)8-6(11)5-15-10(13)9(8)12;/h2,5,7H,1,3-4,14H2;1H/t7-;/m0./s1. The molecule has 1 rings (SSSR count). The van der Waals surface area contributed by atoms with Gasteiger partial charge in [0.15, 0.2) is 0 Å². The van der Waals surface area contributed by atoms with Crippen molar-refractivity contribution in [1.29, 1.82) is 0 Å². The Bertz CT molecular complexity index is 368. The highest BCUT2D eigenvalue weighted by Crippen LogP contribution is 2.34. The first-order chi connectivity index (χ1) is 7.07. The Kier molecular flexibility index (Phi) is 7.36. The van der Waals surface area contributed by atoms with Crippen LogP contribution in [0.5, 0.6) is 0 Å². The maximum absolute atomic E-state index is 5.99. The molecule has 0 bridgehead atoms. The van der Waals surface area contributed by atoms with Gasteiger partial charge in [-0.05, 0) is 12.8 Å². The molecule has 1 heterocycles. The SMILES string of the molecule is C=CCC[C@H](N)c1c(Cl)cnc(Cl)c1Cl.Cl. The number of hydrogen-bond acceptors (Lipinski definition) is 2. The van der Waals surface area contributed by atoms with E-state index in [1.165, 1.54) is 6.20 Å². The summed E-state index contributed by atoms with van der Waals surface area (Å²) in [4.78, 5) is 3.83. The summed E-state index contributed by atoms with van der Waals surface area (Å²) in [5, 5.41) is 1.01. The second-order valence-corrected chi connectivity index (χ2v) is 4.24. The third kappa shape index (κ3) is 3.79. The van der Waals surface area contributed by atoms with Crippen LogP contribution in [0.25, 0.3) is 0 Å². The molecule has 0 aliphatic heterocycles. The van der Waals surface area contributed by atoms with Gasteiger partial charge in [-0.3, -0.25) is 0 Å². The van der Waals surface area contributed by atoms with Crippen molar-refractivity contribution in [3.05, 3.63) is 39.6 Å². The summed E-state index contributed by atoms with van der Waals surface area (Å²) < 4.78 is 0. The van der Waals surface area contributed by atoms with Crippen LogP contribution in [0.4, 0.5) is 0 Å². The Morgan fingerprint density at radius 3 is 2.62 bits per heavy atom. The minimum Gasteiger partial charge on any atom is -0.324 e. The molecule has 0 aliphatic rings. The predicted molar refractivity (Wildman–Crippen MR) is 72.9 cm³/mol. The van der Waals surface area contributed by atoms with Crippen molar-refractivity contribution in [2.45, 2.75) is 18.9 Å². The fraction of sp³-hybridized carbons (Fsp3) is 0.300. The lowest BCUT2D eigenvalue weighted by molar-refractivity contribution is 0.661. The van der Waals surface area contributed by atoms with Gasteiger partial charge in [0.25, 0.3) is 0 Å². The molecule has 6 heteroatoms. The zero-order valence-electron chi connectivity index (χ0n) is 8.42. The van der Waals surface area contributed by atoms with E-state index in [0.717, 1.165) is 12.8 Å². The second kappa shape index (κ2) is 7.36. The Labute approximate surface area is 116 Å². The summed E-state index contributed by atoms with van der Waals surface area (Å²) in [5.41, 5.74) is 6.60. The maximum Gasteiger partial charge on any atom is 0.148 e. The maximum atomic E-state index is 5.99. The zero-order chi connectivity index (χ0) is 11.4. The average Bonchev–Trinajstić information content (AvgIpc) is 2.21. The van der Waals surface area contributed by atoms with Crippen molar-refractivity contribution < 1.29 is 0 Å². The minimum atomic E-state index is -0.247. The summed E-state index contributed by atoms with van der Waals surface area (Å²) >= 11 is 17.7. The van der Waals surface area contributed by atoms with E-state index in [1.807, 2.05) is 0 Å². The summed E-state index contributed by atoms with van der Waals surface area (Å²) in [6.07, 6.45) is 4.78. The first kappa shape index (κ1) is 16.0. The first-order valence-corrected chi connectivity index (χ1v) is 5.57. The van der Waals surface area contributed by atoms with Gasteiger partial charge >= 0.3 is 0 Å². The number of nitrogens with two attached hydrogens (primary N) is 1. The molecule has 1 aromatic rings. The van der Waals surface area contributed by atoms with Crippen molar-refractivity contribution in [3.8, 4) is 0 Å².